The fourth-order valence-corrected chi connectivity index (χ4v) is 4.44. The number of benzene rings is 1. The summed E-state index contributed by atoms with van der Waals surface area (Å²) in [6.45, 7) is 5.52. The average molecular weight is 393 g/mol. The zero-order chi connectivity index (χ0) is 19.9. The topological polar surface area (TPSA) is 84.5 Å². The van der Waals surface area contributed by atoms with E-state index in [1.807, 2.05) is 0 Å². The molecule has 1 aliphatic carbocycles. The zero-order valence-corrected chi connectivity index (χ0v) is 17.0. The summed E-state index contributed by atoms with van der Waals surface area (Å²) in [5.74, 6) is 5.75. The number of alkyl carbamates (subject to hydrolysis) is 1. The Bertz CT molecular complexity index is 810. The Morgan fingerprint density at radius 2 is 1.93 bits per heavy atom. The lowest BCUT2D eigenvalue weighted by molar-refractivity contribution is 0.0535. The molecule has 0 saturated heterocycles. The van der Waals surface area contributed by atoms with E-state index < -0.39 is 21.7 Å². The summed E-state index contributed by atoms with van der Waals surface area (Å²) < 4.78 is 32.8. The van der Waals surface area contributed by atoms with E-state index in [9.17, 15) is 13.2 Å². The maximum atomic E-state index is 12.5. The molecule has 0 aromatic heterocycles. The molecule has 6 nitrogen and oxygen atoms in total. The molecule has 27 heavy (non-hydrogen) atoms. The fourth-order valence-electron chi connectivity index (χ4n) is 2.86. The third kappa shape index (κ3) is 7.51. The van der Waals surface area contributed by atoms with E-state index in [0.717, 1.165) is 19.3 Å². The highest BCUT2D eigenvalue weighted by Crippen LogP contribution is 2.25. The third-order valence-electron chi connectivity index (χ3n) is 4.07. The Labute approximate surface area is 162 Å². The summed E-state index contributed by atoms with van der Waals surface area (Å²) in [6.07, 6.45) is 3.93. The summed E-state index contributed by atoms with van der Waals surface area (Å²) in [5.41, 5.74) is 0.624. The minimum absolute atomic E-state index is 0.146. The van der Waals surface area contributed by atoms with Crippen LogP contribution in [-0.4, -0.2) is 31.9 Å². The number of nitrogens with one attached hydrogen (secondary N) is 2. The van der Waals surface area contributed by atoms with Crippen molar-refractivity contribution in [2.75, 3.05) is 11.3 Å². The highest BCUT2D eigenvalue weighted by atomic mass is 32.2. The van der Waals surface area contributed by atoms with Gasteiger partial charge in [0.25, 0.3) is 0 Å². The van der Waals surface area contributed by atoms with Crippen LogP contribution in [0.3, 0.4) is 0 Å². The van der Waals surface area contributed by atoms with Crippen molar-refractivity contribution < 1.29 is 17.9 Å². The van der Waals surface area contributed by atoms with Crippen LogP contribution in [0.5, 0.6) is 0 Å². The zero-order valence-electron chi connectivity index (χ0n) is 16.2. The monoisotopic (exact) mass is 392 g/mol. The number of rotatable bonds is 4. The van der Waals surface area contributed by atoms with Crippen molar-refractivity contribution in [2.24, 2.45) is 0 Å². The van der Waals surface area contributed by atoms with Gasteiger partial charge in [-0.05, 0) is 51.8 Å². The molecular formula is C20H28N2O4S. The second kappa shape index (κ2) is 9.14. The number of sulfonamides is 1. The number of amides is 1. The molecule has 1 aromatic carbocycles. The van der Waals surface area contributed by atoms with Crippen LogP contribution in [0.25, 0.3) is 0 Å². The van der Waals surface area contributed by atoms with Gasteiger partial charge in [-0.3, -0.25) is 4.72 Å². The Balaban J connectivity index is 1.93. The Morgan fingerprint density at radius 3 is 2.59 bits per heavy atom. The smallest absolute Gasteiger partial charge is 0.408 e. The molecule has 0 radical (unpaired) electrons. The lowest BCUT2D eigenvalue weighted by atomic mass is 10.0. The van der Waals surface area contributed by atoms with E-state index in [-0.39, 0.29) is 11.8 Å². The second-order valence-electron chi connectivity index (χ2n) is 7.65. The van der Waals surface area contributed by atoms with Crippen molar-refractivity contribution in [2.45, 2.75) is 63.7 Å². The predicted molar refractivity (Wildman–Crippen MR) is 107 cm³/mol. The van der Waals surface area contributed by atoms with E-state index in [4.69, 9.17) is 4.74 Å². The van der Waals surface area contributed by atoms with Crippen LogP contribution < -0.4 is 10.0 Å². The highest BCUT2D eigenvalue weighted by Gasteiger charge is 2.27. The van der Waals surface area contributed by atoms with Gasteiger partial charge in [-0.15, -0.1) is 0 Å². The SMILES string of the molecule is CC(C)(C)OC(=O)NCC#Cc1cccc(NS(=O)(=O)C2CCCCC2)c1. The molecule has 148 valence electrons. The van der Waals surface area contributed by atoms with Crippen molar-refractivity contribution in [1.82, 2.24) is 5.32 Å². The molecule has 0 bridgehead atoms. The van der Waals surface area contributed by atoms with Gasteiger partial charge in [-0.1, -0.05) is 37.2 Å². The number of carbonyl (C=O) groups excluding carboxylic acids is 1. The van der Waals surface area contributed by atoms with Gasteiger partial charge in [-0.2, -0.15) is 0 Å². The first kappa shape index (κ1) is 21.1. The molecule has 1 aliphatic rings. The van der Waals surface area contributed by atoms with Crippen molar-refractivity contribution in [3.05, 3.63) is 29.8 Å². The Morgan fingerprint density at radius 1 is 1.22 bits per heavy atom. The maximum Gasteiger partial charge on any atom is 0.408 e. The summed E-state index contributed by atoms with van der Waals surface area (Å²) in [4.78, 5) is 11.6. The lowest BCUT2D eigenvalue weighted by Crippen LogP contribution is -2.32. The quantitative estimate of drug-likeness (QED) is 0.766. The molecule has 0 atom stereocenters. The molecule has 2 N–H and O–H groups in total. The van der Waals surface area contributed by atoms with Gasteiger partial charge < -0.3 is 10.1 Å². The van der Waals surface area contributed by atoms with Gasteiger partial charge in [0.1, 0.15) is 5.60 Å². The molecule has 7 heteroatoms. The molecule has 0 unspecified atom stereocenters. The minimum atomic E-state index is -3.38. The van der Waals surface area contributed by atoms with E-state index in [1.165, 1.54) is 0 Å². The molecular weight excluding hydrogens is 364 g/mol. The molecule has 1 fully saturated rings. The van der Waals surface area contributed by atoms with Gasteiger partial charge >= 0.3 is 6.09 Å². The molecule has 0 aliphatic heterocycles. The molecule has 1 amide bonds. The molecule has 0 heterocycles. The van der Waals surface area contributed by atoms with Crippen LogP contribution in [-0.2, 0) is 14.8 Å². The predicted octanol–water partition coefficient (Wildman–Crippen LogP) is 3.64. The normalized spacial score (nSPS) is 15.4. The van der Waals surface area contributed by atoms with Crippen LogP contribution in [0.1, 0.15) is 58.4 Å². The first-order valence-corrected chi connectivity index (χ1v) is 10.8. The van der Waals surface area contributed by atoms with E-state index >= 15 is 0 Å². The van der Waals surface area contributed by atoms with Crippen LogP contribution in [0.15, 0.2) is 24.3 Å². The van der Waals surface area contributed by atoms with Gasteiger partial charge in [0.15, 0.2) is 0 Å². The van der Waals surface area contributed by atoms with Crippen LogP contribution in [0, 0.1) is 11.8 Å². The fraction of sp³-hybridized carbons (Fsp3) is 0.550. The Hall–Kier alpha value is -2.20. The van der Waals surface area contributed by atoms with E-state index in [1.54, 1.807) is 45.0 Å². The summed E-state index contributed by atoms with van der Waals surface area (Å²) in [6, 6.07) is 6.95. The molecule has 1 aromatic rings. The second-order valence-corrected chi connectivity index (χ2v) is 9.61. The highest BCUT2D eigenvalue weighted by molar-refractivity contribution is 7.93. The van der Waals surface area contributed by atoms with Crippen LogP contribution in [0.4, 0.5) is 10.5 Å². The number of hydrogen-bond donors (Lipinski definition) is 2. The number of ether oxygens (including phenoxy) is 1. The van der Waals surface area contributed by atoms with Gasteiger partial charge in [0, 0.05) is 11.3 Å². The molecule has 1 saturated carbocycles. The van der Waals surface area contributed by atoms with Gasteiger partial charge in [-0.25, -0.2) is 13.2 Å². The summed E-state index contributed by atoms with van der Waals surface area (Å²) in [7, 11) is -3.38. The van der Waals surface area contributed by atoms with Crippen molar-refractivity contribution in [1.29, 1.82) is 0 Å². The summed E-state index contributed by atoms with van der Waals surface area (Å²) >= 11 is 0. The third-order valence-corrected chi connectivity index (χ3v) is 5.94. The van der Waals surface area contributed by atoms with Crippen molar-refractivity contribution in [3.8, 4) is 11.8 Å². The first-order chi connectivity index (χ1) is 12.7. The maximum absolute atomic E-state index is 12.5. The van der Waals surface area contributed by atoms with Crippen molar-refractivity contribution in [3.63, 3.8) is 0 Å². The average Bonchev–Trinajstić information content (AvgIpc) is 2.58. The molecule has 2 rings (SSSR count). The van der Waals surface area contributed by atoms with Crippen LogP contribution in [0.2, 0.25) is 0 Å². The minimum Gasteiger partial charge on any atom is -0.444 e. The van der Waals surface area contributed by atoms with E-state index in [0.29, 0.717) is 24.1 Å². The lowest BCUT2D eigenvalue weighted by Gasteiger charge is -2.22. The standard InChI is InChI=1S/C20H28N2O4S/c1-20(2,3)26-19(23)21-14-8-10-16-9-7-11-17(15-16)22-27(24,25)18-12-5-4-6-13-18/h7,9,11,15,18,22H,4-6,12-14H2,1-3H3,(H,21,23). The molecule has 0 spiro atoms. The van der Waals surface area contributed by atoms with Gasteiger partial charge in [0.05, 0.1) is 11.8 Å². The van der Waals surface area contributed by atoms with Gasteiger partial charge in [0.2, 0.25) is 10.0 Å². The number of carbonyl (C=O) groups is 1. The van der Waals surface area contributed by atoms with Crippen LogP contribution >= 0.6 is 0 Å². The van der Waals surface area contributed by atoms with E-state index in [2.05, 4.69) is 21.9 Å². The number of hydrogen-bond acceptors (Lipinski definition) is 4. The van der Waals surface area contributed by atoms with Crippen molar-refractivity contribution >= 4 is 21.8 Å². The Kier molecular flexibility index (Phi) is 7.14. The first-order valence-electron chi connectivity index (χ1n) is 9.23. The number of anilines is 1. The largest absolute Gasteiger partial charge is 0.444 e. The summed E-state index contributed by atoms with van der Waals surface area (Å²) in [5, 5.41) is 2.24.